The Balaban J connectivity index is 4.78. The molecule has 3 atom stereocenters. The van der Waals surface area contributed by atoms with Gasteiger partial charge in [0.1, 0.15) is 12.1 Å². The molecule has 0 aromatic carbocycles. The molecule has 0 heterocycles. The third-order valence-electron chi connectivity index (χ3n) is 3.44. The van der Waals surface area contributed by atoms with Crippen LogP contribution in [0.3, 0.4) is 0 Å². The van der Waals surface area contributed by atoms with Gasteiger partial charge in [0.2, 0.25) is 11.8 Å². The van der Waals surface area contributed by atoms with Crippen molar-refractivity contribution in [1.82, 2.24) is 10.6 Å². The number of amides is 2. The normalized spacial score (nSPS) is 14.8. The lowest BCUT2D eigenvalue weighted by molar-refractivity contribution is -0.143. The molecule has 0 spiro atoms. The average molecular weight is 346 g/mol. The molecule has 0 aliphatic rings. The number of aliphatic hydroxyl groups is 1. The summed E-state index contributed by atoms with van der Waals surface area (Å²) in [4.78, 5) is 35.2. The first kappa shape index (κ1) is 22.3. The van der Waals surface area contributed by atoms with Crippen LogP contribution in [0.1, 0.15) is 39.5 Å². The zero-order valence-corrected chi connectivity index (χ0v) is 14.3. The van der Waals surface area contributed by atoms with Gasteiger partial charge in [-0.2, -0.15) is 0 Å². The Morgan fingerprint density at radius 2 is 1.62 bits per heavy atom. The first-order valence-corrected chi connectivity index (χ1v) is 8.12. The first-order valence-electron chi connectivity index (χ1n) is 8.12. The standard InChI is InChI=1S/C15H30N4O5/c1-9(2)7-11(14(22)19-12(8-20)15(23)24)18-13(21)10(17)5-3-4-6-16/h9-12,20H,3-8,16-17H2,1-2H3,(H,18,21)(H,19,22)(H,23,24). The Morgan fingerprint density at radius 1 is 1.04 bits per heavy atom. The number of carbonyl (C=O) groups excluding carboxylic acids is 2. The van der Waals surface area contributed by atoms with E-state index in [1.165, 1.54) is 0 Å². The number of rotatable bonds is 12. The first-order chi connectivity index (χ1) is 11.2. The second-order valence-electron chi connectivity index (χ2n) is 6.16. The molecule has 0 bridgehead atoms. The zero-order valence-electron chi connectivity index (χ0n) is 14.3. The van der Waals surface area contributed by atoms with Gasteiger partial charge in [-0.05, 0) is 31.7 Å². The number of nitrogens with one attached hydrogen (secondary N) is 2. The molecule has 0 saturated heterocycles. The van der Waals surface area contributed by atoms with Gasteiger partial charge in [0, 0.05) is 0 Å². The van der Waals surface area contributed by atoms with E-state index in [0.29, 0.717) is 25.8 Å². The molecule has 0 radical (unpaired) electrons. The second kappa shape index (κ2) is 11.8. The molecule has 2 amide bonds. The van der Waals surface area contributed by atoms with E-state index >= 15 is 0 Å². The highest BCUT2D eigenvalue weighted by molar-refractivity contribution is 5.91. The Kier molecular flexibility index (Phi) is 10.9. The third kappa shape index (κ3) is 8.80. The number of carbonyl (C=O) groups is 3. The summed E-state index contributed by atoms with van der Waals surface area (Å²) in [7, 11) is 0. The van der Waals surface area contributed by atoms with Crippen molar-refractivity contribution in [2.45, 2.75) is 57.7 Å². The van der Waals surface area contributed by atoms with Crippen LogP contribution in [0.4, 0.5) is 0 Å². The van der Waals surface area contributed by atoms with Gasteiger partial charge in [-0.3, -0.25) is 9.59 Å². The van der Waals surface area contributed by atoms with Crippen LogP contribution in [0.2, 0.25) is 0 Å². The molecule has 3 unspecified atom stereocenters. The third-order valence-corrected chi connectivity index (χ3v) is 3.44. The zero-order chi connectivity index (χ0) is 18.7. The summed E-state index contributed by atoms with van der Waals surface area (Å²) in [6.45, 7) is 3.52. The van der Waals surface area contributed by atoms with Gasteiger partial charge < -0.3 is 32.3 Å². The van der Waals surface area contributed by atoms with E-state index in [1.807, 2.05) is 13.8 Å². The van der Waals surface area contributed by atoms with E-state index in [4.69, 9.17) is 21.7 Å². The number of hydrogen-bond donors (Lipinski definition) is 6. The Bertz CT molecular complexity index is 417. The number of carboxylic acid groups (broad SMARTS) is 1. The molecule has 8 N–H and O–H groups in total. The Labute approximate surface area is 142 Å². The SMILES string of the molecule is CC(C)CC(NC(=O)C(N)CCCCN)C(=O)NC(CO)C(=O)O. The van der Waals surface area contributed by atoms with Crippen molar-refractivity contribution < 1.29 is 24.6 Å². The van der Waals surface area contributed by atoms with E-state index in [0.717, 1.165) is 6.42 Å². The molecular formula is C15H30N4O5. The largest absolute Gasteiger partial charge is 0.480 e. The predicted octanol–water partition coefficient (Wildman–Crippen LogP) is -1.46. The van der Waals surface area contributed by atoms with E-state index in [9.17, 15) is 14.4 Å². The molecule has 0 aromatic rings. The van der Waals surface area contributed by atoms with E-state index in [2.05, 4.69) is 10.6 Å². The minimum Gasteiger partial charge on any atom is -0.480 e. The van der Waals surface area contributed by atoms with Crippen LogP contribution in [0.25, 0.3) is 0 Å². The molecule has 9 nitrogen and oxygen atoms in total. The van der Waals surface area contributed by atoms with Crippen molar-refractivity contribution >= 4 is 17.8 Å². The van der Waals surface area contributed by atoms with Gasteiger partial charge in [0.15, 0.2) is 0 Å². The fourth-order valence-electron chi connectivity index (χ4n) is 2.08. The maximum atomic E-state index is 12.2. The highest BCUT2D eigenvalue weighted by Gasteiger charge is 2.28. The summed E-state index contributed by atoms with van der Waals surface area (Å²) >= 11 is 0. The molecule has 24 heavy (non-hydrogen) atoms. The molecular weight excluding hydrogens is 316 g/mol. The smallest absolute Gasteiger partial charge is 0.328 e. The number of aliphatic carboxylic acids is 1. The molecule has 0 rings (SSSR count). The number of hydrogen-bond acceptors (Lipinski definition) is 6. The molecule has 0 saturated carbocycles. The summed E-state index contributed by atoms with van der Waals surface area (Å²) in [5.41, 5.74) is 11.2. The topological polar surface area (TPSA) is 168 Å². The van der Waals surface area contributed by atoms with E-state index < -0.39 is 42.5 Å². The van der Waals surface area contributed by atoms with Crippen molar-refractivity contribution in [3.8, 4) is 0 Å². The van der Waals surface area contributed by atoms with Crippen LogP contribution in [-0.4, -0.2) is 59.3 Å². The lowest BCUT2D eigenvalue weighted by atomic mass is 10.0. The highest BCUT2D eigenvalue weighted by Crippen LogP contribution is 2.07. The quantitative estimate of drug-likeness (QED) is 0.235. The average Bonchev–Trinajstić information content (AvgIpc) is 2.50. The van der Waals surface area contributed by atoms with Crippen LogP contribution in [0.5, 0.6) is 0 Å². The van der Waals surface area contributed by atoms with Crippen molar-refractivity contribution in [3.05, 3.63) is 0 Å². The minimum absolute atomic E-state index is 0.0897. The summed E-state index contributed by atoms with van der Waals surface area (Å²) in [5, 5.41) is 22.6. The van der Waals surface area contributed by atoms with Crippen LogP contribution in [0, 0.1) is 5.92 Å². The molecule has 0 aromatic heterocycles. The van der Waals surface area contributed by atoms with Gasteiger partial charge in [0.05, 0.1) is 12.6 Å². The van der Waals surface area contributed by atoms with Gasteiger partial charge in [-0.1, -0.05) is 20.3 Å². The number of unbranched alkanes of at least 4 members (excludes halogenated alkanes) is 1. The maximum Gasteiger partial charge on any atom is 0.328 e. The number of carboxylic acids is 1. The Hall–Kier alpha value is -1.71. The van der Waals surface area contributed by atoms with E-state index in [-0.39, 0.29) is 5.92 Å². The van der Waals surface area contributed by atoms with E-state index in [1.54, 1.807) is 0 Å². The van der Waals surface area contributed by atoms with Crippen LogP contribution >= 0.6 is 0 Å². The van der Waals surface area contributed by atoms with Crippen LogP contribution in [-0.2, 0) is 14.4 Å². The summed E-state index contributed by atoms with van der Waals surface area (Å²) in [6, 6.07) is -3.08. The predicted molar refractivity (Wildman–Crippen MR) is 88.9 cm³/mol. The van der Waals surface area contributed by atoms with Gasteiger partial charge >= 0.3 is 5.97 Å². The highest BCUT2D eigenvalue weighted by atomic mass is 16.4. The van der Waals surface area contributed by atoms with Crippen LogP contribution < -0.4 is 22.1 Å². The van der Waals surface area contributed by atoms with Gasteiger partial charge in [-0.25, -0.2) is 4.79 Å². The van der Waals surface area contributed by atoms with Gasteiger partial charge in [-0.15, -0.1) is 0 Å². The van der Waals surface area contributed by atoms with Crippen molar-refractivity contribution in [2.75, 3.05) is 13.2 Å². The van der Waals surface area contributed by atoms with Crippen LogP contribution in [0.15, 0.2) is 0 Å². The Morgan fingerprint density at radius 3 is 2.08 bits per heavy atom. The fourth-order valence-corrected chi connectivity index (χ4v) is 2.08. The lowest BCUT2D eigenvalue weighted by Crippen LogP contribution is -2.55. The maximum absolute atomic E-state index is 12.2. The van der Waals surface area contributed by atoms with Crippen molar-refractivity contribution in [3.63, 3.8) is 0 Å². The lowest BCUT2D eigenvalue weighted by Gasteiger charge is -2.23. The number of nitrogens with two attached hydrogens (primary N) is 2. The second-order valence-corrected chi connectivity index (χ2v) is 6.16. The molecule has 0 aliphatic carbocycles. The summed E-state index contributed by atoms with van der Waals surface area (Å²) < 4.78 is 0. The van der Waals surface area contributed by atoms with Gasteiger partial charge in [0.25, 0.3) is 0 Å². The summed E-state index contributed by atoms with van der Waals surface area (Å²) in [6.07, 6.45) is 2.24. The summed E-state index contributed by atoms with van der Waals surface area (Å²) in [5.74, 6) is -2.39. The molecule has 140 valence electrons. The van der Waals surface area contributed by atoms with Crippen molar-refractivity contribution in [1.29, 1.82) is 0 Å². The number of aliphatic hydroxyl groups excluding tert-OH is 1. The fraction of sp³-hybridized carbons (Fsp3) is 0.800. The minimum atomic E-state index is -1.41. The molecule has 0 aliphatic heterocycles. The van der Waals surface area contributed by atoms with Crippen molar-refractivity contribution in [2.24, 2.45) is 17.4 Å². The monoisotopic (exact) mass is 346 g/mol. The molecule has 0 fully saturated rings. The molecule has 9 heteroatoms.